The molecule has 0 spiro atoms. The Kier molecular flexibility index (Phi) is 6.42. The minimum atomic E-state index is 0. The van der Waals surface area contributed by atoms with Crippen molar-refractivity contribution in [3.63, 3.8) is 0 Å². The quantitative estimate of drug-likeness (QED) is 0.906. The van der Waals surface area contributed by atoms with Gasteiger partial charge in [-0.05, 0) is 25.7 Å². The van der Waals surface area contributed by atoms with Gasteiger partial charge in [0.2, 0.25) is 11.8 Å². The number of halogens is 1. The van der Waals surface area contributed by atoms with E-state index in [1.807, 2.05) is 4.90 Å². The number of likely N-dealkylation sites (tertiary alicyclic amines) is 1. The second-order valence-corrected chi connectivity index (χ2v) is 5.34. The number of nitrogens with two attached hydrogens (primary N) is 1. The number of aryl methyl sites for hydroxylation is 2. The van der Waals surface area contributed by atoms with E-state index in [-0.39, 0.29) is 24.4 Å². The van der Waals surface area contributed by atoms with Gasteiger partial charge in [-0.2, -0.15) is 4.98 Å². The summed E-state index contributed by atoms with van der Waals surface area (Å²) >= 11 is 0. The summed E-state index contributed by atoms with van der Waals surface area (Å²) < 4.78 is 5.02. The number of hydrogen-bond acceptors (Lipinski definition) is 5. The molecule has 1 aromatic heterocycles. The first kappa shape index (κ1) is 16.9. The first-order chi connectivity index (χ1) is 9.10. The molecule has 1 fully saturated rings. The lowest BCUT2D eigenvalue weighted by Crippen LogP contribution is -2.49. The highest BCUT2D eigenvalue weighted by atomic mass is 35.5. The molecule has 1 saturated heterocycles. The van der Waals surface area contributed by atoms with Gasteiger partial charge in [0, 0.05) is 32.0 Å². The van der Waals surface area contributed by atoms with Crippen LogP contribution in [0.15, 0.2) is 4.52 Å². The van der Waals surface area contributed by atoms with Crippen LogP contribution >= 0.6 is 12.4 Å². The summed E-state index contributed by atoms with van der Waals surface area (Å²) in [6.45, 7) is 5.33. The molecule has 2 heterocycles. The Morgan fingerprint density at radius 3 is 2.90 bits per heavy atom. The molecule has 114 valence electrons. The van der Waals surface area contributed by atoms with Crippen molar-refractivity contribution in [1.82, 2.24) is 15.0 Å². The number of amides is 1. The highest BCUT2D eigenvalue weighted by Crippen LogP contribution is 2.22. The molecule has 1 amide bonds. The zero-order valence-electron chi connectivity index (χ0n) is 12.0. The average Bonchev–Trinajstić information content (AvgIpc) is 2.81. The standard InChI is InChI=1S/C13H22N4O2.ClH/c1-9-5-6-17(11(7-9)8-14)13(18)4-3-12-15-10(2)16-19-12;/h9,11H,3-8,14H2,1-2H3;1H. The fourth-order valence-electron chi connectivity index (χ4n) is 2.60. The van der Waals surface area contributed by atoms with Gasteiger partial charge in [0.25, 0.3) is 0 Å². The maximum Gasteiger partial charge on any atom is 0.227 e. The van der Waals surface area contributed by atoms with E-state index in [2.05, 4.69) is 17.1 Å². The smallest absolute Gasteiger partial charge is 0.227 e. The number of nitrogens with zero attached hydrogens (tertiary/aromatic N) is 3. The molecule has 2 unspecified atom stereocenters. The third-order valence-corrected chi connectivity index (χ3v) is 3.69. The van der Waals surface area contributed by atoms with Crippen molar-refractivity contribution in [3.8, 4) is 0 Å². The first-order valence-electron chi connectivity index (χ1n) is 6.89. The second kappa shape index (κ2) is 7.59. The Bertz CT molecular complexity index is 438. The summed E-state index contributed by atoms with van der Waals surface area (Å²) in [6, 6.07) is 0.181. The number of piperidine rings is 1. The van der Waals surface area contributed by atoms with Crippen molar-refractivity contribution < 1.29 is 9.32 Å². The van der Waals surface area contributed by atoms with E-state index in [0.29, 0.717) is 37.0 Å². The van der Waals surface area contributed by atoms with Gasteiger partial charge in [0.1, 0.15) is 0 Å². The molecule has 0 bridgehead atoms. The van der Waals surface area contributed by atoms with E-state index < -0.39 is 0 Å². The predicted octanol–water partition coefficient (Wildman–Crippen LogP) is 1.32. The third kappa shape index (κ3) is 4.18. The molecule has 6 nitrogen and oxygen atoms in total. The molecule has 1 aromatic rings. The monoisotopic (exact) mass is 302 g/mol. The van der Waals surface area contributed by atoms with Gasteiger partial charge in [-0.1, -0.05) is 12.1 Å². The SMILES string of the molecule is Cc1noc(CCC(=O)N2CCC(C)CC2CN)n1.Cl. The molecule has 0 aromatic carbocycles. The highest BCUT2D eigenvalue weighted by Gasteiger charge is 2.28. The van der Waals surface area contributed by atoms with Crippen LogP contribution in [0.4, 0.5) is 0 Å². The van der Waals surface area contributed by atoms with E-state index >= 15 is 0 Å². The Morgan fingerprint density at radius 1 is 1.55 bits per heavy atom. The zero-order valence-corrected chi connectivity index (χ0v) is 12.9. The zero-order chi connectivity index (χ0) is 13.8. The summed E-state index contributed by atoms with van der Waals surface area (Å²) in [6.07, 6.45) is 2.97. The van der Waals surface area contributed by atoms with E-state index in [1.165, 1.54) is 0 Å². The van der Waals surface area contributed by atoms with Gasteiger partial charge in [0.05, 0.1) is 0 Å². The van der Waals surface area contributed by atoms with Gasteiger partial charge < -0.3 is 15.2 Å². The number of carbonyl (C=O) groups excluding carboxylic acids is 1. The van der Waals surface area contributed by atoms with Gasteiger partial charge in [-0.25, -0.2) is 0 Å². The molecule has 2 atom stereocenters. The van der Waals surface area contributed by atoms with Crippen LogP contribution in [0.2, 0.25) is 0 Å². The third-order valence-electron chi connectivity index (χ3n) is 3.69. The van der Waals surface area contributed by atoms with Crippen LogP contribution in [0.5, 0.6) is 0 Å². The Morgan fingerprint density at radius 2 is 2.30 bits per heavy atom. The topological polar surface area (TPSA) is 85.2 Å². The molecular formula is C13H23ClN4O2. The lowest BCUT2D eigenvalue weighted by Gasteiger charge is -2.38. The summed E-state index contributed by atoms with van der Waals surface area (Å²) in [5.41, 5.74) is 5.77. The number of aromatic nitrogens is 2. The fourth-order valence-corrected chi connectivity index (χ4v) is 2.60. The molecule has 0 aliphatic carbocycles. The van der Waals surface area contributed by atoms with Crippen LogP contribution in [0.25, 0.3) is 0 Å². The summed E-state index contributed by atoms with van der Waals surface area (Å²) in [4.78, 5) is 18.3. The van der Waals surface area contributed by atoms with Crippen molar-refractivity contribution in [2.24, 2.45) is 11.7 Å². The second-order valence-electron chi connectivity index (χ2n) is 5.34. The number of hydrogen-bond donors (Lipinski definition) is 1. The molecular weight excluding hydrogens is 280 g/mol. The Balaban J connectivity index is 0.00000200. The molecule has 20 heavy (non-hydrogen) atoms. The van der Waals surface area contributed by atoms with E-state index in [0.717, 1.165) is 19.4 Å². The molecule has 1 aliphatic heterocycles. The van der Waals surface area contributed by atoms with Gasteiger partial charge >= 0.3 is 0 Å². The van der Waals surface area contributed by atoms with Crippen molar-refractivity contribution in [3.05, 3.63) is 11.7 Å². The van der Waals surface area contributed by atoms with Crippen LogP contribution in [0, 0.1) is 12.8 Å². The highest BCUT2D eigenvalue weighted by molar-refractivity contribution is 5.85. The molecule has 1 aliphatic rings. The van der Waals surface area contributed by atoms with Gasteiger partial charge in [0.15, 0.2) is 5.82 Å². The van der Waals surface area contributed by atoms with Gasteiger partial charge in [-0.15, -0.1) is 12.4 Å². The Hall–Kier alpha value is -1.14. The number of rotatable bonds is 4. The van der Waals surface area contributed by atoms with E-state index in [4.69, 9.17) is 10.3 Å². The van der Waals surface area contributed by atoms with Crippen molar-refractivity contribution in [2.75, 3.05) is 13.1 Å². The number of carbonyl (C=O) groups is 1. The summed E-state index contributed by atoms with van der Waals surface area (Å²) in [7, 11) is 0. The molecule has 2 N–H and O–H groups in total. The minimum absolute atomic E-state index is 0. The summed E-state index contributed by atoms with van der Waals surface area (Å²) in [5.74, 6) is 1.92. The van der Waals surface area contributed by atoms with E-state index in [1.54, 1.807) is 6.92 Å². The normalized spacial score (nSPS) is 22.4. The molecule has 2 rings (SSSR count). The van der Waals surface area contributed by atoms with Crippen molar-refractivity contribution >= 4 is 18.3 Å². The van der Waals surface area contributed by atoms with Crippen LogP contribution in [-0.4, -0.2) is 40.1 Å². The van der Waals surface area contributed by atoms with Crippen LogP contribution in [0.1, 0.15) is 37.9 Å². The fraction of sp³-hybridized carbons (Fsp3) is 0.769. The lowest BCUT2D eigenvalue weighted by atomic mass is 9.92. The molecule has 0 radical (unpaired) electrons. The van der Waals surface area contributed by atoms with Crippen molar-refractivity contribution in [2.45, 2.75) is 45.6 Å². The van der Waals surface area contributed by atoms with E-state index in [9.17, 15) is 4.79 Å². The largest absolute Gasteiger partial charge is 0.339 e. The first-order valence-corrected chi connectivity index (χ1v) is 6.89. The molecule has 7 heteroatoms. The van der Waals surface area contributed by atoms with Crippen LogP contribution in [-0.2, 0) is 11.2 Å². The maximum absolute atomic E-state index is 12.2. The summed E-state index contributed by atoms with van der Waals surface area (Å²) in [5, 5.41) is 3.72. The molecule has 0 saturated carbocycles. The van der Waals surface area contributed by atoms with Crippen molar-refractivity contribution in [1.29, 1.82) is 0 Å². The Labute approximate surface area is 125 Å². The minimum Gasteiger partial charge on any atom is -0.339 e. The predicted molar refractivity (Wildman–Crippen MR) is 77.6 cm³/mol. The maximum atomic E-state index is 12.2. The van der Waals surface area contributed by atoms with Gasteiger partial charge in [-0.3, -0.25) is 4.79 Å². The van der Waals surface area contributed by atoms with Crippen LogP contribution < -0.4 is 5.73 Å². The van der Waals surface area contributed by atoms with Crippen LogP contribution in [0.3, 0.4) is 0 Å². The lowest BCUT2D eigenvalue weighted by molar-refractivity contribution is -0.135. The average molecular weight is 303 g/mol.